The van der Waals surface area contributed by atoms with E-state index < -0.39 is 28.1 Å². The maximum Gasteiger partial charge on any atom is 0.311 e. The number of carbonyl (C=O) groups excluding carboxylic acids is 1. The molecule has 0 saturated heterocycles. The second-order valence-corrected chi connectivity index (χ2v) is 5.11. The number of hydrogen-bond acceptors (Lipinski definition) is 5. The lowest BCUT2D eigenvalue weighted by Gasteiger charge is -2.07. The molecule has 0 aliphatic carbocycles. The van der Waals surface area contributed by atoms with Crippen molar-refractivity contribution < 1.29 is 23.6 Å². The Morgan fingerprint density at radius 2 is 2.04 bits per heavy atom. The van der Waals surface area contributed by atoms with E-state index in [-0.39, 0.29) is 6.42 Å². The Morgan fingerprint density at radius 3 is 2.75 bits per heavy atom. The summed E-state index contributed by atoms with van der Waals surface area (Å²) >= 11 is 0. The minimum absolute atomic E-state index is 0.000513. The highest BCUT2D eigenvalue weighted by Gasteiger charge is 2.18. The third kappa shape index (κ3) is 5.05. The Kier molecular flexibility index (Phi) is 5.83. The van der Waals surface area contributed by atoms with Gasteiger partial charge in [0.25, 0.3) is 0 Å². The first-order chi connectivity index (χ1) is 11.5. The zero-order valence-corrected chi connectivity index (χ0v) is 13.0. The van der Waals surface area contributed by atoms with E-state index in [2.05, 4.69) is 0 Å². The van der Waals surface area contributed by atoms with Gasteiger partial charge in [0.2, 0.25) is 5.75 Å². The molecular weight excluding hydrogens is 317 g/mol. The fourth-order valence-electron chi connectivity index (χ4n) is 2.01. The Bertz CT molecular complexity index is 748. The largest absolute Gasteiger partial charge is 0.494 e. The topological polar surface area (TPSA) is 78.7 Å². The molecule has 0 fully saturated rings. The predicted molar refractivity (Wildman–Crippen MR) is 84.6 cm³/mol. The van der Waals surface area contributed by atoms with E-state index in [0.717, 1.165) is 23.8 Å². The van der Waals surface area contributed by atoms with Crippen molar-refractivity contribution in [2.45, 2.75) is 19.8 Å². The lowest BCUT2D eigenvalue weighted by molar-refractivity contribution is -0.385. The number of nitro benzene ring substituents is 1. The molecule has 2 aromatic carbocycles. The lowest BCUT2D eigenvalue weighted by Crippen LogP contribution is -2.11. The SMILES string of the molecule is Cc1cccc(OCCCC(=O)Oc2cc(F)ccc2[N+](=O)[O-])c1. The van der Waals surface area contributed by atoms with Gasteiger partial charge in [-0.2, -0.15) is 0 Å². The van der Waals surface area contributed by atoms with Gasteiger partial charge in [-0.05, 0) is 37.1 Å². The molecule has 0 aliphatic rings. The van der Waals surface area contributed by atoms with Crippen molar-refractivity contribution in [2.24, 2.45) is 0 Å². The van der Waals surface area contributed by atoms with Crippen molar-refractivity contribution in [3.63, 3.8) is 0 Å². The zero-order chi connectivity index (χ0) is 17.5. The molecule has 0 radical (unpaired) electrons. The molecule has 24 heavy (non-hydrogen) atoms. The number of benzene rings is 2. The first-order valence-corrected chi connectivity index (χ1v) is 7.30. The van der Waals surface area contributed by atoms with Crippen molar-refractivity contribution in [3.8, 4) is 11.5 Å². The lowest BCUT2D eigenvalue weighted by atomic mass is 10.2. The van der Waals surface area contributed by atoms with Gasteiger partial charge < -0.3 is 9.47 Å². The Hall–Kier alpha value is -2.96. The van der Waals surface area contributed by atoms with Gasteiger partial charge in [-0.15, -0.1) is 0 Å². The summed E-state index contributed by atoms with van der Waals surface area (Å²) in [4.78, 5) is 21.8. The van der Waals surface area contributed by atoms with Gasteiger partial charge in [0.05, 0.1) is 11.5 Å². The highest BCUT2D eigenvalue weighted by molar-refractivity contribution is 5.73. The van der Waals surface area contributed by atoms with E-state index in [9.17, 15) is 19.3 Å². The molecule has 7 heteroatoms. The molecule has 0 spiro atoms. The Labute approximate surface area is 138 Å². The number of ether oxygens (including phenoxy) is 2. The molecule has 0 amide bonds. The van der Waals surface area contributed by atoms with Crippen LogP contribution in [0, 0.1) is 22.9 Å². The van der Waals surface area contributed by atoms with Gasteiger partial charge >= 0.3 is 11.7 Å². The summed E-state index contributed by atoms with van der Waals surface area (Å²) in [6.45, 7) is 2.24. The number of rotatable bonds is 7. The third-order valence-electron chi connectivity index (χ3n) is 3.13. The van der Waals surface area contributed by atoms with Gasteiger partial charge in [0.15, 0.2) is 0 Å². The van der Waals surface area contributed by atoms with Crippen LogP contribution in [0.1, 0.15) is 18.4 Å². The molecule has 0 saturated carbocycles. The van der Waals surface area contributed by atoms with Crippen LogP contribution < -0.4 is 9.47 Å². The molecule has 0 aliphatic heterocycles. The summed E-state index contributed by atoms with van der Waals surface area (Å²) < 4.78 is 23.5. The number of aryl methyl sites for hydroxylation is 1. The average molecular weight is 333 g/mol. The maximum atomic E-state index is 13.2. The van der Waals surface area contributed by atoms with Crippen molar-refractivity contribution in [1.82, 2.24) is 0 Å². The van der Waals surface area contributed by atoms with E-state index in [4.69, 9.17) is 9.47 Å². The van der Waals surface area contributed by atoms with Gasteiger partial charge in [-0.3, -0.25) is 14.9 Å². The quantitative estimate of drug-likeness (QED) is 0.253. The molecule has 0 heterocycles. The predicted octanol–water partition coefficient (Wildman–Crippen LogP) is 3.81. The number of hydrogen-bond donors (Lipinski definition) is 0. The minimum Gasteiger partial charge on any atom is -0.494 e. The molecule has 0 unspecified atom stereocenters. The van der Waals surface area contributed by atoms with Crippen LogP contribution in [0.5, 0.6) is 11.5 Å². The van der Waals surface area contributed by atoms with Crippen molar-refractivity contribution >= 4 is 11.7 Å². The normalized spacial score (nSPS) is 10.2. The molecule has 0 bridgehead atoms. The van der Waals surface area contributed by atoms with Crippen LogP contribution in [0.3, 0.4) is 0 Å². The van der Waals surface area contributed by atoms with E-state index in [0.29, 0.717) is 18.8 Å². The average Bonchev–Trinajstić information content (AvgIpc) is 2.51. The molecule has 0 aromatic heterocycles. The number of nitrogens with zero attached hydrogens (tertiary/aromatic N) is 1. The molecule has 126 valence electrons. The molecule has 2 rings (SSSR count). The van der Waals surface area contributed by atoms with Crippen LogP contribution >= 0.6 is 0 Å². The first kappa shape index (κ1) is 17.4. The van der Waals surface area contributed by atoms with Crippen LogP contribution in [0.15, 0.2) is 42.5 Å². The molecular formula is C17H16FNO5. The van der Waals surface area contributed by atoms with Crippen LogP contribution in [0.4, 0.5) is 10.1 Å². The highest BCUT2D eigenvalue weighted by Crippen LogP contribution is 2.27. The molecule has 0 N–H and O–H groups in total. The minimum atomic E-state index is -0.733. The summed E-state index contributed by atoms with van der Waals surface area (Å²) in [5.41, 5.74) is 0.603. The standard InChI is InChI=1S/C17H16FNO5/c1-12-4-2-5-14(10-12)23-9-3-6-17(20)24-16-11-13(18)7-8-15(16)19(21)22/h2,4-5,7-8,10-11H,3,6,9H2,1H3. The third-order valence-corrected chi connectivity index (χ3v) is 3.13. The van der Waals surface area contributed by atoms with Crippen molar-refractivity contribution in [2.75, 3.05) is 6.61 Å². The number of carbonyl (C=O) groups is 1. The number of halogens is 1. The van der Waals surface area contributed by atoms with Crippen LogP contribution in [0.25, 0.3) is 0 Å². The van der Waals surface area contributed by atoms with Crippen molar-refractivity contribution in [1.29, 1.82) is 0 Å². The highest BCUT2D eigenvalue weighted by atomic mass is 19.1. The smallest absolute Gasteiger partial charge is 0.311 e. The Morgan fingerprint density at radius 1 is 1.25 bits per heavy atom. The number of nitro groups is 1. The van der Waals surface area contributed by atoms with Crippen LogP contribution in [-0.2, 0) is 4.79 Å². The van der Waals surface area contributed by atoms with E-state index in [1.165, 1.54) is 0 Å². The second-order valence-electron chi connectivity index (χ2n) is 5.11. The molecule has 2 aromatic rings. The first-order valence-electron chi connectivity index (χ1n) is 7.30. The van der Waals surface area contributed by atoms with E-state index in [1.807, 2.05) is 25.1 Å². The summed E-state index contributed by atoms with van der Waals surface area (Å²) in [6, 6.07) is 10.2. The van der Waals surface area contributed by atoms with Gasteiger partial charge in [0, 0.05) is 18.6 Å². The fourth-order valence-corrected chi connectivity index (χ4v) is 2.01. The molecule has 6 nitrogen and oxygen atoms in total. The maximum absolute atomic E-state index is 13.2. The summed E-state index contributed by atoms with van der Waals surface area (Å²) in [5.74, 6) is -1.10. The van der Waals surface area contributed by atoms with Crippen LogP contribution in [0.2, 0.25) is 0 Å². The van der Waals surface area contributed by atoms with Crippen LogP contribution in [-0.4, -0.2) is 17.5 Å². The fraction of sp³-hybridized carbons (Fsp3) is 0.235. The second kappa shape index (κ2) is 8.05. The van der Waals surface area contributed by atoms with E-state index in [1.54, 1.807) is 6.07 Å². The summed E-state index contributed by atoms with van der Waals surface area (Å²) in [7, 11) is 0. The monoisotopic (exact) mass is 333 g/mol. The molecule has 0 atom stereocenters. The van der Waals surface area contributed by atoms with Gasteiger partial charge in [-0.25, -0.2) is 4.39 Å². The zero-order valence-electron chi connectivity index (χ0n) is 13.0. The van der Waals surface area contributed by atoms with Crippen molar-refractivity contribution in [3.05, 3.63) is 64.0 Å². The van der Waals surface area contributed by atoms with E-state index >= 15 is 0 Å². The summed E-state index contributed by atoms with van der Waals surface area (Å²) in [5, 5.41) is 10.8. The van der Waals surface area contributed by atoms with Gasteiger partial charge in [0.1, 0.15) is 11.6 Å². The Balaban J connectivity index is 1.83. The van der Waals surface area contributed by atoms with Gasteiger partial charge in [-0.1, -0.05) is 12.1 Å². The number of esters is 1. The summed E-state index contributed by atoms with van der Waals surface area (Å²) in [6.07, 6.45) is 0.370.